The van der Waals surface area contributed by atoms with Crippen LogP contribution >= 0.6 is 0 Å². The molecule has 0 radical (unpaired) electrons. The van der Waals surface area contributed by atoms with Gasteiger partial charge in [-0.15, -0.1) is 0 Å². The van der Waals surface area contributed by atoms with Crippen molar-refractivity contribution in [3.05, 3.63) is 70.3 Å². The highest BCUT2D eigenvalue weighted by molar-refractivity contribution is 6.00. The third-order valence-corrected chi connectivity index (χ3v) is 20.9. The Morgan fingerprint density at radius 2 is 1.23 bits per heavy atom. The molecule has 2 aromatic carbocycles. The average molecular weight is 1450 g/mol. The number of fused-ring (bicyclic) bond motifs is 2. The Labute approximate surface area is 591 Å². The molecule has 2 aromatic rings. The maximum atomic E-state index is 15.4. The first-order chi connectivity index (χ1) is 47.5. The number of ether oxygens (including phenoxy) is 1. The summed E-state index contributed by atoms with van der Waals surface area (Å²) in [5.74, 6) is -13.8. The molecule has 102 heavy (non-hydrogen) atoms. The zero-order chi connectivity index (χ0) is 76.5. The lowest BCUT2D eigenvalue weighted by atomic mass is 9.90. The van der Waals surface area contributed by atoms with Gasteiger partial charge in [-0.3, -0.25) is 52.7 Å². The highest BCUT2D eigenvalue weighted by Crippen LogP contribution is 2.37. The number of nitrogens with zero attached hydrogens (tertiary/aromatic N) is 8. The van der Waals surface area contributed by atoms with Gasteiger partial charge in [0.25, 0.3) is 0 Å². The SMILES string of the molecule is CCO[C@@H]1C[C@H]2C(=O)NC3(CCCC3)C(=O)N(C)[C@@H]([C@@H](C)CC)C(=O)N(C)[C@H](C)CC(=O)N(C)[C@@H](CC(C)C)C(=O)N[C@@H]([C@@H](C)CC)C(=O)N(C)[C@@H](C)C(=O)N3CC[C@H]3C(=O)N(C)[C@@H](Cc3ccc(C(F)(F)F)cc3)C(=O)N(C)CC(=O)N[C@@H](CCc3cc(F)c(C(F)(F)F)c(F)c3)C(=O)N2C1. The van der Waals surface area contributed by atoms with Crippen molar-refractivity contribution >= 4 is 65.0 Å². The minimum atomic E-state index is -5.44. The van der Waals surface area contributed by atoms with Crippen LogP contribution in [0.2, 0.25) is 0 Å². The minimum absolute atomic E-state index is 0.00784. The topological polar surface area (TPSA) is 259 Å². The number of hydrogen-bond acceptors (Lipinski definition) is 12. The molecule has 3 N–H and O–H groups in total. The molecule has 3 aliphatic heterocycles. The molecule has 6 rings (SSSR count). The van der Waals surface area contributed by atoms with Crippen LogP contribution in [0, 0.1) is 29.4 Å². The van der Waals surface area contributed by atoms with E-state index in [-0.39, 0.29) is 75.3 Å². The maximum Gasteiger partial charge on any atom is 0.422 e. The van der Waals surface area contributed by atoms with Gasteiger partial charge in [-0.25, -0.2) is 8.78 Å². The molecule has 0 unspecified atom stereocenters. The first-order valence-electron chi connectivity index (χ1n) is 35.0. The molecule has 3 saturated heterocycles. The summed E-state index contributed by atoms with van der Waals surface area (Å²) in [5.41, 5.74) is -5.16. The summed E-state index contributed by atoms with van der Waals surface area (Å²) < 4.78 is 119. The Hall–Kier alpha value is -7.99. The molecule has 0 bridgehead atoms. The van der Waals surface area contributed by atoms with E-state index in [1.165, 1.54) is 61.8 Å². The van der Waals surface area contributed by atoms with E-state index < -0.39 is 204 Å². The van der Waals surface area contributed by atoms with Crippen molar-refractivity contribution in [3.8, 4) is 0 Å². The molecular weight excluding hydrogens is 1350 g/mol. The van der Waals surface area contributed by atoms with E-state index in [0.29, 0.717) is 37.8 Å². The second-order valence-corrected chi connectivity index (χ2v) is 28.5. The third kappa shape index (κ3) is 19.2. The normalized spacial score (nSPS) is 26.7. The van der Waals surface area contributed by atoms with Crippen LogP contribution in [-0.4, -0.2) is 239 Å². The van der Waals surface area contributed by atoms with Gasteiger partial charge < -0.3 is 59.9 Å². The van der Waals surface area contributed by atoms with Crippen LogP contribution in [0.5, 0.6) is 0 Å². The first-order valence-corrected chi connectivity index (χ1v) is 35.0. The Morgan fingerprint density at radius 1 is 0.627 bits per heavy atom. The predicted octanol–water partition coefficient (Wildman–Crippen LogP) is 6.36. The van der Waals surface area contributed by atoms with Gasteiger partial charge >= 0.3 is 12.4 Å². The summed E-state index contributed by atoms with van der Waals surface area (Å²) in [4.78, 5) is 173. The third-order valence-electron chi connectivity index (χ3n) is 20.9. The Kier molecular flexibility index (Phi) is 28.1. The van der Waals surface area contributed by atoms with Crippen molar-refractivity contribution in [2.24, 2.45) is 17.8 Å². The number of likely N-dealkylation sites (N-methyl/N-ethyl adjacent to an activating group) is 6. The number of alkyl halides is 6. The summed E-state index contributed by atoms with van der Waals surface area (Å²) in [7, 11) is 8.05. The molecule has 0 aromatic heterocycles. The maximum absolute atomic E-state index is 15.4. The van der Waals surface area contributed by atoms with Crippen LogP contribution in [-0.2, 0) is 82.7 Å². The monoisotopic (exact) mass is 1450 g/mol. The van der Waals surface area contributed by atoms with E-state index in [1.54, 1.807) is 34.6 Å². The largest absolute Gasteiger partial charge is 0.422 e. The second kappa shape index (κ2) is 34.5. The fraction of sp³-hybridized carbons (Fsp3) is 0.676. The van der Waals surface area contributed by atoms with Crippen molar-refractivity contribution < 1.29 is 92.6 Å². The lowest BCUT2D eigenvalue weighted by molar-refractivity contribution is -0.160. The number of aryl methyl sites for hydroxylation is 1. The van der Waals surface area contributed by atoms with Crippen molar-refractivity contribution in [3.63, 3.8) is 0 Å². The second-order valence-electron chi connectivity index (χ2n) is 28.5. The van der Waals surface area contributed by atoms with Crippen LogP contribution in [0.3, 0.4) is 0 Å². The molecule has 31 heteroatoms. The Bertz CT molecular complexity index is 3370. The highest BCUT2D eigenvalue weighted by atomic mass is 19.4. The Balaban J connectivity index is 1.46. The number of carbonyl (C=O) groups is 11. The van der Waals surface area contributed by atoms with Crippen molar-refractivity contribution in [1.29, 1.82) is 0 Å². The van der Waals surface area contributed by atoms with E-state index in [1.807, 2.05) is 20.8 Å². The van der Waals surface area contributed by atoms with E-state index in [0.717, 1.165) is 50.9 Å². The molecule has 12 atom stereocenters. The molecule has 4 fully saturated rings. The number of carbonyl (C=O) groups excluding carboxylic acids is 11. The van der Waals surface area contributed by atoms with E-state index in [4.69, 9.17) is 4.74 Å². The van der Waals surface area contributed by atoms with Crippen molar-refractivity contribution in [2.45, 2.75) is 224 Å². The minimum Gasteiger partial charge on any atom is -0.377 e. The summed E-state index contributed by atoms with van der Waals surface area (Å²) in [6.07, 6.45) is -11.3. The van der Waals surface area contributed by atoms with E-state index in [2.05, 4.69) is 16.0 Å². The molecule has 3 heterocycles. The fourth-order valence-corrected chi connectivity index (χ4v) is 13.9. The lowest BCUT2D eigenvalue weighted by Crippen LogP contribution is -2.65. The van der Waals surface area contributed by atoms with Crippen LogP contribution in [0.1, 0.15) is 155 Å². The predicted molar refractivity (Wildman–Crippen MR) is 358 cm³/mol. The van der Waals surface area contributed by atoms with Gasteiger partial charge in [-0.1, -0.05) is 79.4 Å². The van der Waals surface area contributed by atoms with Crippen LogP contribution < -0.4 is 16.0 Å². The number of nitrogens with one attached hydrogen (secondary N) is 3. The van der Waals surface area contributed by atoms with Crippen molar-refractivity contribution in [1.82, 2.24) is 55.1 Å². The Morgan fingerprint density at radius 3 is 1.75 bits per heavy atom. The lowest BCUT2D eigenvalue weighted by Gasteiger charge is -2.45. The molecule has 23 nitrogen and oxygen atoms in total. The molecule has 11 amide bonds. The summed E-state index contributed by atoms with van der Waals surface area (Å²) in [6.45, 7) is 14.3. The molecule has 1 saturated carbocycles. The molecule has 1 spiro atoms. The number of hydrogen-bond donors (Lipinski definition) is 3. The van der Waals surface area contributed by atoms with E-state index in [9.17, 15) is 59.9 Å². The zero-order valence-electron chi connectivity index (χ0n) is 61.0. The summed E-state index contributed by atoms with van der Waals surface area (Å²) in [5, 5.41) is 8.34. The quantitative estimate of drug-likeness (QED) is 0.185. The molecule has 1 aliphatic carbocycles. The van der Waals surface area contributed by atoms with E-state index >= 15 is 28.0 Å². The zero-order valence-corrected chi connectivity index (χ0v) is 61.0. The fourth-order valence-electron chi connectivity index (χ4n) is 13.9. The molecule has 568 valence electrons. The van der Waals surface area contributed by atoms with Gasteiger partial charge in [0.1, 0.15) is 71.1 Å². The summed E-state index contributed by atoms with van der Waals surface area (Å²) in [6, 6.07) is -7.37. The summed E-state index contributed by atoms with van der Waals surface area (Å²) >= 11 is 0. The number of halogens is 8. The van der Waals surface area contributed by atoms with Crippen molar-refractivity contribution in [2.75, 3.05) is 68.5 Å². The first kappa shape index (κ1) is 83.0. The highest BCUT2D eigenvalue weighted by Gasteiger charge is 2.52. The van der Waals surface area contributed by atoms with Gasteiger partial charge in [-0.2, -0.15) is 26.3 Å². The standard InChI is InChI=1S/C71H101F8N11O12/c1-16-40(6)58-66(99)85(12)43(9)62(95)89-30-27-51(89)65(98)87(14)54(35-44-21-24-46(25-22-44)70(74,75)76)64(97)83(10)38-55(91)80-50(26-23-45-33-48(72)57(49(73)34-45)71(77,78)79)63(96)90-37-47(102-18-3)36-53(90)61(94)82-69(28-19-20-29-69)68(101)88(15)59(41(7)17-2)67(100)84(11)42(8)32-56(92)86(13)52(31-39(4)5)60(93)81-58/h21-22,24-25,33-34,39-43,47,50-54,58-59H,16-20,23,26-32,35-38H2,1-15H3,(H,80,91)(H,81,93)(H,82,94)/t40-,41-,42+,43-,47+,50-,51-,52-,53-,54-,58-,59-/m0/s1. The van der Waals surface area contributed by atoms with Gasteiger partial charge in [0.2, 0.25) is 65.0 Å². The van der Waals surface area contributed by atoms with Gasteiger partial charge in [0, 0.05) is 87.3 Å². The average Bonchev–Trinajstić information content (AvgIpc) is 1.30. The molecule has 4 aliphatic rings. The van der Waals surface area contributed by atoms with Crippen LogP contribution in [0.4, 0.5) is 35.1 Å². The van der Waals surface area contributed by atoms with Crippen LogP contribution in [0.15, 0.2) is 36.4 Å². The van der Waals surface area contributed by atoms with Gasteiger partial charge in [0.05, 0.1) is 18.2 Å². The number of amides is 11. The van der Waals surface area contributed by atoms with Gasteiger partial charge in [0.15, 0.2) is 0 Å². The molecular formula is C71H101F8N11O12. The van der Waals surface area contributed by atoms with Gasteiger partial charge in [-0.05, 0) is 112 Å². The number of rotatable bonds is 13. The smallest absolute Gasteiger partial charge is 0.377 e. The number of benzene rings is 2. The van der Waals surface area contributed by atoms with Crippen LogP contribution in [0.25, 0.3) is 0 Å².